The zero-order valence-corrected chi connectivity index (χ0v) is 9.57. The van der Waals surface area contributed by atoms with Gasteiger partial charge in [-0.3, -0.25) is 9.97 Å². The van der Waals surface area contributed by atoms with E-state index in [1.54, 1.807) is 12.4 Å². The predicted octanol–water partition coefficient (Wildman–Crippen LogP) is 2.22. The molecule has 0 fully saturated rings. The van der Waals surface area contributed by atoms with Crippen LogP contribution in [0.1, 0.15) is 16.8 Å². The quantitative estimate of drug-likeness (QED) is 0.832. The Morgan fingerprint density at radius 1 is 1.06 bits per heavy atom. The molecule has 0 aliphatic carbocycles. The number of aromatic nitrogens is 2. The van der Waals surface area contributed by atoms with Gasteiger partial charge in [0.25, 0.3) is 0 Å². The SMILES string of the molecule is Cc1ccc(-c2nccnc2CN)cc1C. The van der Waals surface area contributed by atoms with Crippen molar-refractivity contribution < 1.29 is 0 Å². The molecule has 0 saturated carbocycles. The van der Waals surface area contributed by atoms with Gasteiger partial charge in [-0.25, -0.2) is 0 Å². The first-order valence-corrected chi connectivity index (χ1v) is 5.30. The summed E-state index contributed by atoms with van der Waals surface area (Å²) in [6.07, 6.45) is 3.37. The lowest BCUT2D eigenvalue weighted by atomic mass is 10.0. The van der Waals surface area contributed by atoms with Gasteiger partial charge in [-0.15, -0.1) is 0 Å². The first kappa shape index (κ1) is 10.8. The maximum Gasteiger partial charge on any atom is 0.0930 e. The number of nitrogens with two attached hydrogens (primary N) is 1. The molecule has 0 radical (unpaired) electrons. The van der Waals surface area contributed by atoms with Crippen LogP contribution in [-0.4, -0.2) is 9.97 Å². The van der Waals surface area contributed by atoms with Crippen LogP contribution in [0, 0.1) is 13.8 Å². The van der Waals surface area contributed by atoms with Crippen molar-refractivity contribution in [3.63, 3.8) is 0 Å². The third kappa shape index (κ3) is 1.95. The Hall–Kier alpha value is -1.74. The standard InChI is InChI=1S/C13H15N3/c1-9-3-4-11(7-10(9)2)13-12(8-14)15-5-6-16-13/h3-7H,8,14H2,1-2H3. The predicted molar refractivity (Wildman–Crippen MR) is 64.8 cm³/mol. The number of benzene rings is 1. The van der Waals surface area contributed by atoms with Crippen LogP contribution in [-0.2, 0) is 6.54 Å². The van der Waals surface area contributed by atoms with Crippen LogP contribution in [0.2, 0.25) is 0 Å². The van der Waals surface area contributed by atoms with Crippen LogP contribution >= 0.6 is 0 Å². The zero-order chi connectivity index (χ0) is 11.5. The molecular formula is C13H15N3. The lowest BCUT2D eigenvalue weighted by Crippen LogP contribution is -2.03. The van der Waals surface area contributed by atoms with E-state index in [-0.39, 0.29) is 0 Å². The molecule has 2 aromatic rings. The number of aryl methyl sites for hydroxylation is 2. The Morgan fingerprint density at radius 3 is 2.50 bits per heavy atom. The fourth-order valence-corrected chi connectivity index (χ4v) is 1.65. The summed E-state index contributed by atoms with van der Waals surface area (Å²) >= 11 is 0. The molecule has 16 heavy (non-hydrogen) atoms. The Morgan fingerprint density at radius 2 is 1.81 bits per heavy atom. The summed E-state index contributed by atoms with van der Waals surface area (Å²) in [5.41, 5.74) is 11.0. The lowest BCUT2D eigenvalue weighted by Gasteiger charge is -2.07. The molecule has 0 aliphatic heterocycles. The minimum Gasteiger partial charge on any atom is -0.325 e. The summed E-state index contributed by atoms with van der Waals surface area (Å²) in [5, 5.41) is 0. The van der Waals surface area contributed by atoms with E-state index in [0.717, 1.165) is 17.0 Å². The second kappa shape index (κ2) is 4.41. The first-order valence-electron chi connectivity index (χ1n) is 5.30. The fourth-order valence-electron chi connectivity index (χ4n) is 1.65. The van der Waals surface area contributed by atoms with Crippen molar-refractivity contribution in [1.29, 1.82) is 0 Å². The van der Waals surface area contributed by atoms with E-state index < -0.39 is 0 Å². The molecule has 0 bridgehead atoms. The highest BCUT2D eigenvalue weighted by atomic mass is 14.8. The van der Waals surface area contributed by atoms with Gasteiger partial charge in [0.15, 0.2) is 0 Å². The third-order valence-electron chi connectivity index (χ3n) is 2.75. The van der Waals surface area contributed by atoms with E-state index in [0.29, 0.717) is 6.54 Å². The highest BCUT2D eigenvalue weighted by Crippen LogP contribution is 2.21. The molecule has 0 spiro atoms. The van der Waals surface area contributed by atoms with Crippen LogP contribution in [0.5, 0.6) is 0 Å². The van der Waals surface area contributed by atoms with Gasteiger partial charge in [-0.2, -0.15) is 0 Å². The minimum atomic E-state index is 0.413. The van der Waals surface area contributed by atoms with Crippen molar-refractivity contribution in [2.75, 3.05) is 0 Å². The van der Waals surface area contributed by atoms with Gasteiger partial charge < -0.3 is 5.73 Å². The number of nitrogens with zero attached hydrogens (tertiary/aromatic N) is 2. The van der Waals surface area contributed by atoms with Crippen molar-refractivity contribution in [2.24, 2.45) is 5.73 Å². The molecule has 1 aromatic heterocycles. The molecule has 0 aliphatic rings. The van der Waals surface area contributed by atoms with Crippen molar-refractivity contribution in [3.05, 3.63) is 47.4 Å². The summed E-state index contributed by atoms with van der Waals surface area (Å²) in [6, 6.07) is 6.28. The van der Waals surface area contributed by atoms with Crippen molar-refractivity contribution in [1.82, 2.24) is 9.97 Å². The Kier molecular flexibility index (Phi) is 2.97. The number of hydrogen-bond acceptors (Lipinski definition) is 3. The Labute approximate surface area is 95.4 Å². The van der Waals surface area contributed by atoms with Gasteiger partial charge in [0.05, 0.1) is 11.4 Å². The molecule has 1 aromatic carbocycles. The Balaban J connectivity index is 2.54. The maximum absolute atomic E-state index is 5.65. The zero-order valence-electron chi connectivity index (χ0n) is 9.57. The molecule has 3 nitrogen and oxygen atoms in total. The van der Waals surface area contributed by atoms with Crippen molar-refractivity contribution >= 4 is 0 Å². The number of hydrogen-bond donors (Lipinski definition) is 1. The average molecular weight is 213 g/mol. The topological polar surface area (TPSA) is 51.8 Å². The van der Waals surface area contributed by atoms with Crippen molar-refractivity contribution in [3.8, 4) is 11.3 Å². The van der Waals surface area contributed by atoms with Crippen LogP contribution in [0.4, 0.5) is 0 Å². The van der Waals surface area contributed by atoms with Gasteiger partial charge in [-0.1, -0.05) is 12.1 Å². The normalized spacial score (nSPS) is 10.4. The molecule has 2 rings (SSSR count). The van der Waals surface area contributed by atoms with Gasteiger partial charge >= 0.3 is 0 Å². The number of rotatable bonds is 2. The van der Waals surface area contributed by atoms with Crippen LogP contribution in [0.25, 0.3) is 11.3 Å². The molecule has 0 unspecified atom stereocenters. The highest BCUT2D eigenvalue weighted by molar-refractivity contribution is 5.62. The minimum absolute atomic E-state index is 0.413. The van der Waals surface area contributed by atoms with Gasteiger partial charge in [0, 0.05) is 24.5 Å². The van der Waals surface area contributed by atoms with E-state index in [2.05, 4.69) is 42.0 Å². The van der Waals surface area contributed by atoms with Gasteiger partial charge in [0.2, 0.25) is 0 Å². The molecule has 82 valence electrons. The Bertz CT molecular complexity index is 506. The van der Waals surface area contributed by atoms with Crippen molar-refractivity contribution in [2.45, 2.75) is 20.4 Å². The lowest BCUT2D eigenvalue weighted by molar-refractivity contribution is 0.969. The average Bonchev–Trinajstić information content (AvgIpc) is 2.32. The first-order chi connectivity index (χ1) is 7.72. The summed E-state index contributed by atoms with van der Waals surface area (Å²) in [6.45, 7) is 4.60. The van der Waals surface area contributed by atoms with Crippen LogP contribution < -0.4 is 5.73 Å². The molecule has 3 heteroatoms. The van der Waals surface area contributed by atoms with E-state index in [4.69, 9.17) is 5.73 Å². The summed E-state index contributed by atoms with van der Waals surface area (Å²) in [5.74, 6) is 0. The molecule has 1 heterocycles. The van der Waals surface area contributed by atoms with Crippen LogP contribution in [0.3, 0.4) is 0 Å². The van der Waals surface area contributed by atoms with E-state index in [1.165, 1.54) is 11.1 Å². The molecule has 2 N–H and O–H groups in total. The van der Waals surface area contributed by atoms with Gasteiger partial charge in [-0.05, 0) is 31.0 Å². The second-order valence-corrected chi connectivity index (χ2v) is 3.85. The third-order valence-corrected chi connectivity index (χ3v) is 2.75. The largest absolute Gasteiger partial charge is 0.325 e. The molecular weight excluding hydrogens is 198 g/mol. The van der Waals surface area contributed by atoms with Crippen LogP contribution in [0.15, 0.2) is 30.6 Å². The summed E-state index contributed by atoms with van der Waals surface area (Å²) < 4.78 is 0. The molecule has 0 amide bonds. The smallest absolute Gasteiger partial charge is 0.0930 e. The highest BCUT2D eigenvalue weighted by Gasteiger charge is 2.06. The fraction of sp³-hybridized carbons (Fsp3) is 0.231. The molecule has 0 atom stereocenters. The summed E-state index contributed by atoms with van der Waals surface area (Å²) in [7, 11) is 0. The monoisotopic (exact) mass is 213 g/mol. The molecule has 0 saturated heterocycles. The summed E-state index contributed by atoms with van der Waals surface area (Å²) in [4.78, 5) is 8.59. The van der Waals surface area contributed by atoms with E-state index in [9.17, 15) is 0 Å². The van der Waals surface area contributed by atoms with E-state index >= 15 is 0 Å². The van der Waals surface area contributed by atoms with E-state index in [1.807, 2.05) is 0 Å². The van der Waals surface area contributed by atoms with Gasteiger partial charge in [0.1, 0.15) is 0 Å². The maximum atomic E-state index is 5.65. The second-order valence-electron chi connectivity index (χ2n) is 3.85.